The van der Waals surface area contributed by atoms with Crippen LogP contribution in [-0.4, -0.2) is 23.5 Å². The van der Waals surface area contributed by atoms with Gasteiger partial charge in [0.25, 0.3) is 5.91 Å². The first-order valence-electron chi connectivity index (χ1n) is 5.61. The number of aromatic nitrogens is 1. The van der Waals surface area contributed by atoms with Gasteiger partial charge in [0.1, 0.15) is 11.5 Å². The lowest BCUT2D eigenvalue weighted by Crippen LogP contribution is -2.21. The van der Waals surface area contributed by atoms with Gasteiger partial charge in [0.05, 0.1) is 5.69 Å². The molecule has 0 unspecified atom stereocenters. The summed E-state index contributed by atoms with van der Waals surface area (Å²) in [4.78, 5) is 25.6. The van der Waals surface area contributed by atoms with Gasteiger partial charge < -0.3 is 15.0 Å². The molecule has 1 heterocycles. The van der Waals surface area contributed by atoms with Crippen LogP contribution in [0.1, 0.15) is 10.5 Å². The number of hydrogen-bond acceptors (Lipinski definition) is 3. The van der Waals surface area contributed by atoms with Crippen molar-refractivity contribution in [3.8, 4) is 0 Å². The molecule has 0 bridgehead atoms. The van der Waals surface area contributed by atoms with Gasteiger partial charge in [-0.25, -0.2) is 9.18 Å². The lowest BCUT2D eigenvalue weighted by atomic mass is 10.3. The van der Waals surface area contributed by atoms with E-state index < -0.39 is 24.3 Å². The quantitative estimate of drug-likeness (QED) is 0.852. The summed E-state index contributed by atoms with van der Waals surface area (Å²) in [6.45, 7) is -0.514. The zero-order valence-corrected chi connectivity index (χ0v) is 10.9. The van der Waals surface area contributed by atoms with Crippen LogP contribution in [0, 0.1) is 5.82 Å². The average molecular weight is 297 g/mol. The predicted molar refractivity (Wildman–Crippen MR) is 71.1 cm³/mol. The maximum absolute atomic E-state index is 13.4. The summed E-state index contributed by atoms with van der Waals surface area (Å²) in [5.74, 6) is -1.98. The molecular weight excluding hydrogens is 287 g/mol. The fourth-order valence-electron chi connectivity index (χ4n) is 1.44. The molecule has 0 atom stereocenters. The summed E-state index contributed by atoms with van der Waals surface area (Å²) in [5.41, 5.74) is 0.200. The Hall–Kier alpha value is -2.34. The summed E-state index contributed by atoms with van der Waals surface area (Å²) < 4.78 is 18.2. The fourth-order valence-corrected chi connectivity index (χ4v) is 1.60. The second kappa shape index (κ2) is 6.21. The predicted octanol–water partition coefficient (Wildman–Crippen LogP) is 2.60. The van der Waals surface area contributed by atoms with E-state index in [0.29, 0.717) is 0 Å². The molecule has 1 aromatic carbocycles. The summed E-state index contributed by atoms with van der Waals surface area (Å²) in [7, 11) is 0. The molecule has 0 aliphatic carbocycles. The van der Waals surface area contributed by atoms with Crippen molar-refractivity contribution in [3.63, 3.8) is 0 Å². The van der Waals surface area contributed by atoms with Crippen molar-refractivity contribution in [2.24, 2.45) is 0 Å². The van der Waals surface area contributed by atoms with Crippen molar-refractivity contribution >= 4 is 29.2 Å². The lowest BCUT2D eigenvalue weighted by Gasteiger charge is -2.07. The normalized spacial score (nSPS) is 10.1. The lowest BCUT2D eigenvalue weighted by molar-refractivity contribution is -0.119. The molecule has 0 saturated carbocycles. The maximum Gasteiger partial charge on any atom is 0.355 e. The summed E-state index contributed by atoms with van der Waals surface area (Å²) >= 11 is 5.59. The Morgan fingerprint density at radius 2 is 2.15 bits per heavy atom. The first-order valence-corrected chi connectivity index (χ1v) is 5.99. The second-order valence-electron chi connectivity index (χ2n) is 3.83. The van der Waals surface area contributed by atoms with E-state index >= 15 is 0 Å². The minimum Gasteiger partial charge on any atom is -0.451 e. The van der Waals surface area contributed by atoms with Crippen LogP contribution >= 0.6 is 11.6 Å². The SMILES string of the molecule is O=C(COC(=O)c1ccc[nH]1)Nc1ccc(Cl)cc1F. The largest absolute Gasteiger partial charge is 0.451 e. The Balaban J connectivity index is 1.88. The molecule has 5 nitrogen and oxygen atoms in total. The number of carbonyl (C=O) groups excluding carboxylic acids is 2. The highest BCUT2D eigenvalue weighted by atomic mass is 35.5. The number of carbonyl (C=O) groups is 2. The Kier molecular flexibility index (Phi) is 4.37. The van der Waals surface area contributed by atoms with Gasteiger partial charge in [-0.15, -0.1) is 0 Å². The molecule has 2 aromatic rings. The number of nitrogens with one attached hydrogen (secondary N) is 2. The van der Waals surface area contributed by atoms with Crippen molar-refractivity contribution in [2.45, 2.75) is 0 Å². The molecule has 1 amide bonds. The van der Waals surface area contributed by atoms with Crippen molar-refractivity contribution < 1.29 is 18.7 Å². The van der Waals surface area contributed by atoms with Gasteiger partial charge in [0.2, 0.25) is 0 Å². The van der Waals surface area contributed by atoms with E-state index in [2.05, 4.69) is 10.3 Å². The Morgan fingerprint density at radius 1 is 1.35 bits per heavy atom. The first kappa shape index (κ1) is 14.1. The van der Waals surface area contributed by atoms with Gasteiger partial charge >= 0.3 is 5.97 Å². The second-order valence-corrected chi connectivity index (χ2v) is 4.27. The molecule has 2 rings (SSSR count). The number of esters is 1. The Bertz CT molecular complexity index is 629. The van der Waals surface area contributed by atoms with E-state index in [0.717, 1.165) is 6.07 Å². The number of benzene rings is 1. The third-order valence-electron chi connectivity index (χ3n) is 2.36. The standard InChI is InChI=1S/C13H10ClFN2O3/c14-8-3-4-10(9(15)6-8)17-12(18)7-20-13(19)11-2-1-5-16-11/h1-6,16H,7H2,(H,17,18). The summed E-state index contributed by atoms with van der Waals surface area (Å²) in [5, 5.41) is 2.50. The molecule has 0 aliphatic rings. The topological polar surface area (TPSA) is 71.2 Å². The third kappa shape index (κ3) is 3.58. The van der Waals surface area contributed by atoms with Crippen molar-refractivity contribution in [2.75, 3.05) is 11.9 Å². The highest BCUT2D eigenvalue weighted by Gasteiger charge is 2.12. The summed E-state index contributed by atoms with van der Waals surface area (Å²) in [6, 6.07) is 6.97. The van der Waals surface area contributed by atoms with E-state index in [-0.39, 0.29) is 16.4 Å². The summed E-state index contributed by atoms with van der Waals surface area (Å²) in [6.07, 6.45) is 1.56. The number of hydrogen-bond donors (Lipinski definition) is 2. The molecule has 7 heteroatoms. The van der Waals surface area contributed by atoms with Crippen LogP contribution in [0.4, 0.5) is 10.1 Å². The maximum atomic E-state index is 13.4. The van der Waals surface area contributed by atoms with Gasteiger partial charge in [-0.1, -0.05) is 11.6 Å². The molecular formula is C13H10ClFN2O3. The number of H-pyrrole nitrogens is 1. The van der Waals surface area contributed by atoms with E-state index in [1.807, 2.05) is 0 Å². The van der Waals surface area contributed by atoms with Crippen LogP contribution in [0.25, 0.3) is 0 Å². The first-order chi connectivity index (χ1) is 9.56. The van der Waals surface area contributed by atoms with Crippen LogP contribution in [-0.2, 0) is 9.53 Å². The van der Waals surface area contributed by atoms with Gasteiger partial charge in [-0.2, -0.15) is 0 Å². The zero-order chi connectivity index (χ0) is 14.5. The Morgan fingerprint density at radius 3 is 2.80 bits per heavy atom. The van der Waals surface area contributed by atoms with Crippen LogP contribution in [0.15, 0.2) is 36.5 Å². The molecule has 0 spiro atoms. The van der Waals surface area contributed by atoms with Crippen LogP contribution in [0.3, 0.4) is 0 Å². The minimum atomic E-state index is -0.665. The molecule has 20 heavy (non-hydrogen) atoms. The number of halogens is 2. The van der Waals surface area contributed by atoms with Crippen molar-refractivity contribution in [1.82, 2.24) is 4.98 Å². The molecule has 2 N–H and O–H groups in total. The van der Waals surface area contributed by atoms with Crippen molar-refractivity contribution in [1.29, 1.82) is 0 Å². The van der Waals surface area contributed by atoms with Gasteiger partial charge in [-0.3, -0.25) is 4.79 Å². The minimum absolute atomic E-state index is 0.0321. The molecule has 1 aromatic heterocycles. The molecule has 0 saturated heterocycles. The average Bonchev–Trinajstić information content (AvgIpc) is 2.93. The number of rotatable bonds is 4. The molecule has 0 radical (unpaired) electrons. The fraction of sp³-hybridized carbons (Fsp3) is 0.0769. The van der Waals surface area contributed by atoms with E-state index in [4.69, 9.17) is 16.3 Å². The van der Waals surface area contributed by atoms with Gasteiger partial charge in [0, 0.05) is 11.2 Å². The number of amides is 1. The number of anilines is 1. The zero-order valence-electron chi connectivity index (χ0n) is 10.2. The monoisotopic (exact) mass is 296 g/mol. The molecule has 0 aliphatic heterocycles. The van der Waals surface area contributed by atoms with Crippen LogP contribution in [0.2, 0.25) is 5.02 Å². The van der Waals surface area contributed by atoms with Crippen molar-refractivity contribution in [3.05, 3.63) is 53.1 Å². The smallest absolute Gasteiger partial charge is 0.355 e. The van der Waals surface area contributed by atoms with Gasteiger partial charge in [0.15, 0.2) is 6.61 Å². The van der Waals surface area contributed by atoms with Crippen LogP contribution in [0.5, 0.6) is 0 Å². The number of aromatic amines is 1. The third-order valence-corrected chi connectivity index (χ3v) is 2.59. The Labute approximate surface area is 118 Å². The molecule has 104 valence electrons. The van der Waals surface area contributed by atoms with E-state index in [1.165, 1.54) is 18.2 Å². The molecule has 0 fully saturated rings. The van der Waals surface area contributed by atoms with Gasteiger partial charge in [-0.05, 0) is 30.3 Å². The highest BCUT2D eigenvalue weighted by molar-refractivity contribution is 6.30. The highest BCUT2D eigenvalue weighted by Crippen LogP contribution is 2.18. The van der Waals surface area contributed by atoms with E-state index in [1.54, 1.807) is 12.3 Å². The number of ether oxygens (including phenoxy) is 1. The van der Waals surface area contributed by atoms with Crippen LogP contribution < -0.4 is 5.32 Å². The van der Waals surface area contributed by atoms with E-state index in [9.17, 15) is 14.0 Å².